The number of hydrogen-bond acceptors (Lipinski definition) is 3. The second-order valence-electron chi connectivity index (χ2n) is 4.79. The number of hydrazine groups is 1. The van der Waals surface area contributed by atoms with Crippen molar-refractivity contribution in [1.29, 1.82) is 0 Å². The molecule has 0 aliphatic heterocycles. The third-order valence-electron chi connectivity index (χ3n) is 3.54. The molecule has 0 fully saturated rings. The minimum Gasteiger partial charge on any atom is -0.464 e. The average molecular weight is 270 g/mol. The minimum atomic E-state index is -0.311. The molecular formula is C16H15FN2O. The quantitative estimate of drug-likeness (QED) is 0.566. The molecule has 0 saturated heterocycles. The first-order chi connectivity index (χ1) is 9.70. The number of nitrogens with one attached hydrogen (secondary N) is 1. The van der Waals surface area contributed by atoms with Crippen molar-refractivity contribution in [1.82, 2.24) is 5.43 Å². The highest BCUT2D eigenvalue weighted by Gasteiger charge is 2.19. The summed E-state index contributed by atoms with van der Waals surface area (Å²) in [7, 11) is 0. The molecule has 0 amide bonds. The number of halogens is 1. The number of aryl methyl sites for hydroxylation is 1. The van der Waals surface area contributed by atoms with E-state index in [1.165, 1.54) is 12.1 Å². The van der Waals surface area contributed by atoms with Gasteiger partial charge in [0, 0.05) is 10.9 Å². The number of hydrogen-bond donors (Lipinski definition) is 2. The molecule has 0 aliphatic rings. The third-order valence-corrected chi connectivity index (χ3v) is 3.54. The molecule has 1 heterocycles. The van der Waals surface area contributed by atoms with Gasteiger partial charge >= 0.3 is 0 Å². The molecule has 4 heteroatoms. The van der Waals surface area contributed by atoms with E-state index in [4.69, 9.17) is 10.3 Å². The summed E-state index contributed by atoms with van der Waals surface area (Å²) < 4.78 is 19.0. The van der Waals surface area contributed by atoms with Gasteiger partial charge in [-0.3, -0.25) is 5.84 Å². The minimum absolute atomic E-state index is 0.279. The summed E-state index contributed by atoms with van der Waals surface area (Å²) in [6, 6.07) is 12.1. The fourth-order valence-electron chi connectivity index (χ4n) is 2.49. The highest BCUT2D eigenvalue weighted by Crippen LogP contribution is 2.31. The SMILES string of the molecule is Cc1ccc(F)cc1C(NN)c1coc2ccccc12. The standard InChI is InChI=1S/C16H15FN2O/c1-10-6-7-11(17)8-13(10)16(19-18)14-9-20-15-5-3-2-4-12(14)15/h2-9,16,19H,18H2,1H3. The maximum Gasteiger partial charge on any atom is 0.134 e. The summed E-state index contributed by atoms with van der Waals surface area (Å²) in [4.78, 5) is 0. The van der Waals surface area contributed by atoms with Crippen LogP contribution in [0.5, 0.6) is 0 Å². The number of nitrogens with two attached hydrogens (primary N) is 1. The second-order valence-corrected chi connectivity index (χ2v) is 4.79. The molecule has 0 aliphatic carbocycles. The van der Waals surface area contributed by atoms with Crippen LogP contribution in [0.2, 0.25) is 0 Å². The van der Waals surface area contributed by atoms with Crippen LogP contribution in [0.15, 0.2) is 53.1 Å². The van der Waals surface area contributed by atoms with Gasteiger partial charge in [-0.05, 0) is 36.2 Å². The van der Waals surface area contributed by atoms with Crippen molar-refractivity contribution in [3.05, 3.63) is 71.2 Å². The Morgan fingerprint density at radius 2 is 1.95 bits per heavy atom. The number of benzene rings is 2. The maximum atomic E-state index is 13.5. The van der Waals surface area contributed by atoms with Crippen LogP contribution in [0.1, 0.15) is 22.7 Å². The van der Waals surface area contributed by atoms with Gasteiger partial charge in [-0.15, -0.1) is 0 Å². The molecule has 2 aromatic carbocycles. The molecule has 3 aromatic rings. The molecule has 0 saturated carbocycles. The van der Waals surface area contributed by atoms with Gasteiger partial charge in [-0.25, -0.2) is 9.82 Å². The van der Waals surface area contributed by atoms with Gasteiger partial charge in [0.2, 0.25) is 0 Å². The third kappa shape index (κ3) is 2.09. The van der Waals surface area contributed by atoms with E-state index < -0.39 is 0 Å². The molecule has 20 heavy (non-hydrogen) atoms. The van der Waals surface area contributed by atoms with E-state index >= 15 is 0 Å². The topological polar surface area (TPSA) is 51.2 Å². The number of fused-ring (bicyclic) bond motifs is 1. The molecule has 3 N–H and O–H groups in total. The summed E-state index contributed by atoms with van der Waals surface area (Å²) in [6.45, 7) is 1.93. The number of rotatable bonds is 3. The summed E-state index contributed by atoms with van der Waals surface area (Å²) in [5.74, 6) is 5.41. The summed E-state index contributed by atoms with van der Waals surface area (Å²) >= 11 is 0. The Morgan fingerprint density at radius 1 is 1.15 bits per heavy atom. The molecule has 1 unspecified atom stereocenters. The molecule has 1 atom stereocenters. The van der Waals surface area contributed by atoms with Crippen molar-refractivity contribution in [3.63, 3.8) is 0 Å². The first-order valence-electron chi connectivity index (χ1n) is 6.39. The van der Waals surface area contributed by atoms with Crippen molar-refractivity contribution in [2.75, 3.05) is 0 Å². The van der Waals surface area contributed by atoms with Crippen LogP contribution in [0.25, 0.3) is 11.0 Å². The molecule has 0 bridgehead atoms. The molecule has 102 valence electrons. The fraction of sp³-hybridized carbons (Fsp3) is 0.125. The van der Waals surface area contributed by atoms with Crippen molar-refractivity contribution < 1.29 is 8.81 Å². The van der Waals surface area contributed by atoms with E-state index in [0.717, 1.165) is 27.7 Å². The van der Waals surface area contributed by atoms with Gasteiger partial charge in [0.15, 0.2) is 0 Å². The van der Waals surface area contributed by atoms with Gasteiger partial charge in [0.25, 0.3) is 0 Å². The lowest BCUT2D eigenvalue weighted by Gasteiger charge is -2.17. The zero-order valence-corrected chi connectivity index (χ0v) is 11.1. The van der Waals surface area contributed by atoms with Crippen molar-refractivity contribution in [2.45, 2.75) is 13.0 Å². The van der Waals surface area contributed by atoms with Crippen molar-refractivity contribution >= 4 is 11.0 Å². The van der Waals surface area contributed by atoms with Gasteiger partial charge in [-0.1, -0.05) is 24.3 Å². The average Bonchev–Trinajstić information content (AvgIpc) is 2.88. The monoisotopic (exact) mass is 270 g/mol. The van der Waals surface area contributed by atoms with E-state index in [-0.39, 0.29) is 11.9 Å². The lowest BCUT2D eigenvalue weighted by molar-refractivity contribution is 0.578. The van der Waals surface area contributed by atoms with Crippen LogP contribution in [0.3, 0.4) is 0 Å². The number of furan rings is 1. The van der Waals surface area contributed by atoms with Crippen LogP contribution in [0, 0.1) is 12.7 Å². The van der Waals surface area contributed by atoms with Crippen LogP contribution in [-0.2, 0) is 0 Å². The van der Waals surface area contributed by atoms with Crippen molar-refractivity contribution in [3.8, 4) is 0 Å². The Hall–Kier alpha value is -2.17. The lowest BCUT2D eigenvalue weighted by Crippen LogP contribution is -2.29. The summed E-state index contributed by atoms with van der Waals surface area (Å²) in [5, 5.41) is 0.971. The molecular weight excluding hydrogens is 255 g/mol. The molecule has 0 spiro atoms. The predicted octanol–water partition coefficient (Wildman–Crippen LogP) is 3.43. The largest absolute Gasteiger partial charge is 0.464 e. The van der Waals surface area contributed by atoms with Crippen LogP contribution in [-0.4, -0.2) is 0 Å². The Kier molecular flexibility index (Phi) is 3.26. The zero-order valence-electron chi connectivity index (χ0n) is 11.1. The van der Waals surface area contributed by atoms with Gasteiger partial charge in [-0.2, -0.15) is 0 Å². The first-order valence-corrected chi connectivity index (χ1v) is 6.39. The van der Waals surface area contributed by atoms with Crippen LogP contribution >= 0.6 is 0 Å². The van der Waals surface area contributed by atoms with Gasteiger partial charge in [0.05, 0.1) is 12.3 Å². The smallest absolute Gasteiger partial charge is 0.134 e. The van der Waals surface area contributed by atoms with E-state index in [9.17, 15) is 4.39 Å². The van der Waals surface area contributed by atoms with Gasteiger partial charge in [0.1, 0.15) is 11.4 Å². The van der Waals surface area contributed by atoms with E-state index in [2.05, 4.69) is 5.43 Å². The Labute approximate surface area is 116 Å². The first kappa shape index (κ1) is 12.8. The summed E-state index contributed by atoms with van der Waals surface area (Å²) in [5.41, 5.74) is 6.22. The van der Waals surface area contributed by atoms with Crippen LogP contribution < -0.4 is 11.3 Å². The van der Waals surface area contributed by atoms with Gasteiger partial charge < -0.3 is 4.42 Å². The van der Waals surface area contributed by atoms with Crippen molar-refractivity contribution in [2.24, 2.45) is 5.84 Å². The van der Waals surface area contributed by atoms with E-state index in [1.54, 1.807) is 12.3 Å². The molecule has 1 aromatic heterocycles. The molecule has 0 radical (unpaired) electrons. The Balaban J connectivity index is 2.16. The fourth-order valence-corrected chi connectivity index (χ4v) is 2.49. The predicted molar refractivity (Wildman–Crippen MR) is 76.5 cm³/mol. The van der Waals surface area contributed by atoms with Crippen LogP contribution in [0.4, 0.5) is 4.39 Å². The highest BCUT2D eigenvalue weighted by atomic mass is 19.1. The maximum absolute atomic E-state index is 13.5. The van der Waals surface area contributed by atoms with E-state index in [0.29, 0.717) is 0 Å². The highest BCUT2D eigenvalue weighted by molar-refractivity contribution is 5.82. The molecule has 3 nitrogen and oxygen atoms in total. The van der Waals surface area contributed by atoms with E-state index in [1.807, 2.05) is 31.2 Å². The normalized spacial score (nSPS) is 12.8. The Bertz CT molecular complexity index is 751. The molecule has 3 rings (SSSR count). The Morgan fingerprint density at radius 3 is 2.75 bits per heavy atom. The lowest BCUT2D eigenvalue weighted by atomic mass is 9.95. The zero-order chi connectivity index (χ0) is 14.1. The summed E-state index contributed by atoms with van der Waals surface area (Å²) in [6.07, 6.45) is 1.67. The number of para-hydroxylation sites is 1. The second kappa shape index (κ2) is 5.07.